The van der Waals surface area contributed by atoms with Crippen molar-refractivity contribution in [3.05, 3.63) is 29.8 Å². The van der Waals surface area contributed by atoms with E-state index in [0.717, 1.165) is 12.0 Å². The SMILES string of the molecule is CCc1ccc(-c2nc(OCCOC)nn2C(=O)C(C)C)cc1. The number of hydrogen-bond donors (Lipinski definition) is 0. The van der Waals surface area contributed by atoms with Gasteiger partial charge in [0.25, 0.3) is 5.91 Å². The Morgan fingerprint density at radius 3 is 2.48 bits per heavy atom. The van der Waals surface area contributed by atoms with Crippen LogP contribution in [0.4, 0.5) is 0 Å². The number of benzene rings is 1. The second kappa shape index (κ2) is 7.87. The molecule has 6 heteroatoms. The van der Waals surface area contributed by atoms with E-state index in [2.05, 4.69) is 17.0 Å². The second-order valence-corrected chi connectivity index (χ2v) is 5.51. The molecule has 23 heavy (non-hydrogen) atoms. The first-order chi connectivity index (χ1) is 11.1. The minimum Gasteiger partial charge on any atom is -0.460 e. The van der Waals surface area contributed by atoms with Gasteiger partial charge in [0.15, 0.2) is 5.82 Å². The van der Waals surface area contributed by atoms with E-state index < -0.39 is 0 Å². The number of aryl methyl sites for hydroxylation is 1. The van der Waals surface area contributed by atoms with Crippen LogP contribution in [0.5, 0.6) is 6.01 Å². The van der Waals surface area contributed by atoms with E-state index in [-0.39, 0.29) is 17.8 Å². The van der Waals surface area contributed by atoms with Crippen molar-refractivity contribution < 1.29 is 14.3 Å². The summed E-state index contributed by atoms with van der Waals surface area (Å²) in [6.45, 7) is 6.54. The van der Waals surface area contributed by atoms with Crippen LogP contribution in [-0.2, 0) is 11.2 Å². The number of carbonyl (C=O) groups excluding carboxylic acids is 1. The van der Waals surface area contributed by atoms with Gasteiger partial charge in [-0.25, -0.2) is 0 Å². The summed E-state index contributed by atoms with van der Waals surface area (Å²) < 4.78 is 11.7. The van der Waals surface area contributed by atoms with Crippen molar-refractivity contribution >= 4 is 5.91 Å². The van der Waals surface area contributed by atoms with Crippen molar-refractivity contribution in [2.45, 2.75) is 27.2 Å². The summed E-state index contributed by atoms with van der Waals surface area (Å²) in [6.07, 6.45) is 0.962. The lowest BCUT2D eigenvalue weighted by molar-refractivity contribution is 0.0837. The molecule has 1 aromatic heterocycles. The van der Waals surface area contributed by atoms with Crippen molar-refractivity contribution in [2.75, 3.05) is 20.3 Å². The molecule has 0 fully saturated rings. The average Bonchev–Trinajstić information content (AvgIpc) is 2.98. The Balaban J connectivity index is 2.35. The Morgan fingerprint density at radius 2 is 1.91 bits per heavy atom. The van der Waals surface area contributed by atoms with Gasteiger partial charge in [0.05, 0.1) is 6.61 Å². The number of methoxy groups -OCH3 is 1. The zero-order valence-corrected chi connectivity index (χ0v) is 14.1. The Hall–Kier alpha value is -2.21. The molecule has 6 nitrogen and oxygen atoms in total. The monoisotopic (exact) mass is 317 g/mol. The van der Waals surface area contributed by atoms with Crippen molar-refractivity contribution in [2.24, 2.45) is 5.92 Å². The van der Waals surface area contributed by atoms with Crippen molar-refractivity contribution in [3.63, 3.8) is 0 Å². The maximum Gasteiger partial charge on any atom is 0.336 e. The third kappa shape index (κ3) is 4.16. The molecule has 0 atom stereocenters. The Morgan fingerprint density at radius 1 is 1.22 bits per heavy atom. The smallest absolute Gasteiger partial charge is 0.336 e. The molecule has 0 saturated carbocycles. The van der Waals surface area contributed by atoms with Crippen molar-refractivity contribution in [3.8, 4) is 17.4 Å². The molecule has 2 rings (SSSR count). The van der Waals surface area contributed by atoms with E-state index in [0.29, 0.717) is 19.0 Å². The van der Waals surface area contributed by atoms with Crippen molar-refractivity contribution in [1.82, 2.24) is 14.8 Å². The molecule has 0 amide bonds. The standard InChI is InChI=1S/C17H23N3O3/c1-5-13-6-8-14(9-7-13)15-18-17(23-11-10-22-4)19-20(15)16(21)12(2)3/h6-9,12H,5,10-11H2,1-4H3. The fourth-order valence-electron chi connectivity index (χ4n) is 2.05. The molecule has 124 valence electrons. The van der Waals surface area contributed by atoms with E-state index in [1.807, 2.05) is 38.1 Å². The van der Waals surface area contributed by atoms with E-state index in [4.69, 9.17) is 9.47 Å². The van der Waals surface area contributed by atoms with Gasteiger partial charge in [-0.3, -0.25) is 4.79 Å². The van der Waals surface area contributed by atoms with Crippen LogP contribution >= 0.6 is 0 Å². The summed E-state index contributed by atoms with van der Waals surface area (Å²) in [4.78, 5) is 16.7. The highest BCUT2D eigenvalue weighted by Crippen LogP contribution is 2.22. The molecule has 2 aromatic rings. The number of aromatic nitrogens is 3. The molecule has 0 saturated heterocycles. The minimum absolute atomic E-state index is 0.117. The van der Waals surface area contributed by atoms with Gasteiger partial charge in [-0.15, -0.1) is 5.10 Å². The predicted molar refractivity (Wildman–Crippen MR) is 87.7 cm³/mol. The minimum atomic E-state index is -0.183. The third-order valence-electron chi connectivity index (χ3n) is 3.43. The predicted octanol–water partition coefficient (Wildman–Crippen LogP) is 2.83. The molecule has 0 radical (unpaired) electrons. The number of ether oxygens (including phenoxy) is 2. The van der Waals surface area contributed by atoms with Gasteiger partial charge in [-0.05, 0) is 12.0 Å². The average molecular weight is 317 g/mol. The van der Waals surface area contributed by atoms with Gasteiger partial charge in [-0.2, -0.15) is 9.67 Å². The summed E-state index contributed by atoms with van der Waals surface area (Å²) in [5.41, 5.74) is 2.07. The highest BCUT2D eigenvalue weighted by Gasteiger charge is 2.20. The molecular weight excluding hydrogens is 294 g/mol. The maximum absolute atomic E-state index is 12.4. The van der Waals surface area contributed by atoms with Crippen LogP contribution in [0, 0.1) is 5.92 Å². The lowest BCUT2D eigenvalue weighted by Gasteiger charge is -2.07. The summed E-state index contributed by atoms with van der Waals surface area (Å²) in [6, 6.07) is 8.14. The van der Waals surface area contributed by atoms with Crippen molar-refractivity contribution in [1.29, 1.82) is 0 Å². The van der Waals surface area contributed by atoms with E-state index in [1.165, 1.54) is 10.2 Å². The normalized spacial score (nSPS) is 11.0. The molecule has 0 spiro atoms. The molecule has 0 aliphatic rings. The summed E-state index contributed by atoms with van der Waals surface area (Å²) in [7, 11) is 1.60. The first kappa shape index (κ1) is 17.1. The van der Waals surface area contributed by atoms with E-state index in [9.17, 15) is 4.79 Å². The molecule has 1 heterocycles. The lowest BCUT2D eigenvalue weighted by atomic mass is 10.1. The van der Waals surface area contributed by atoms with E-state index >= 15 is 0 Å². The number of carbonyl (C=O) groups is 1. The van der Waals surface area contributed by atoms with Gasteiger partial charge in [0, 0.05) is 18.6 Å². The van der Waals surface area contributed by atoms with Crippen LogP contribution in [0.2, 0.25) is 0 Å². The topological polar surface area (TPSA) is 66.2 Å². The van der Waals surface area contributed by atoms with E-state index in [1.54, 1.807) is 7.11 Å². The molecule has 1 aromatic carbocycles. The number of nitrogens with zero attached hydrogens (tertiary/aromatic N) is 3. The number of rotatable bonds is 7. The summed E-state index contributed by atoms with van der Waals surface area (Å²) >= 11 is 0. The molecule has 0 aliphatic heterocycles. The molecule has 0 bridgehead atoms. The highest BCUT2D eigenvalue weighted by atomic mass is 16.5. The van der Waals surface area contributed by atoms with Gasteiger partial charge in [0.2, 0.25) is 0 Å². The maximum atomic E-state index is 12.4. The van der Waals surface area contributed by atoms with Gasteiger partial charge in [0.1, 0.15) is 6.61 Å². The summed E-state index contributed by atoms with van der Waals surface area (Å²) in [5, 5.41) is 4.20. The molecule has 0 N–H and O–H groups in total. The zero-order valence-electron chi connectivity index (χ0n) is 14.1. The highest BCUT2D eigenvalue weighted by molar-refractivity contribution is 5.83. The largest absolute Gasteiger partial charge is 0.460 e. The molecule has 0 aliphatic carbocycles. The Bertz CT molecular complexity index is 648. The van der Waals surface area contributed by atoms with Crippen LogP contribution in [0.25, 0.3) is 11.4 Å². The lowest BCUT2D eigenvalue weighted by Crippen LogP contribution is -2.19. The van der Waals surface area contributed by atoms with Crippen LogP contribution in [0.1, 0.15) is 31.1 Å². The fourth-order valence-corrected chi connectivity index (χ4v) is 2.05. The van der Waals surface area contributed by atoms with Crippen LogP contribution < -0.4 is 4.74 Å². The second-order valence-electron chi connectivity index (χ2n) is 5.51. The zero-order chi connectivity index (χ0) is 16.8. The van der Waals surface area contributed by atoms with Gasteiger partial charge >= 0.3 is 6.01 Å². The molecule has 0 unspecified atom stereocenters. The van der Waals surface area contributed by atoms with Crippen LogP contribution in [-0.4, -0.2) is 41.0 Å². The van der Waals surface area contributed by atoms with Gasteiger partial charge < -0.3 is 9.47 Å². The Kier molecular flexibility index (Phi) is 5.87. The third-order valence-corrected chi connectivity index (χ3v) is 3.43. The first-order valence-corrected chi connectivity index (χ1v) is 7.79. The van der Waals surface area contributed by atoms with Gasteiger partial charge in [-0.1, -0.05) is 45.0 Å². The van der Waals surface area contributed by atoms with Crippen LogP contribution in [0.15, 0.2) is 24.3 Å². The van der Waals surface area contributed by atoms with Crippen LogP contribution in [0.3, 0.4) is 0 Å². The fraction of sp³-hybridized carbons (Fsp3) is 0.471. The Labute approximate surface area is 136 Å². The quantitative estimate of drug-likeness (QED) is 0.735. The summed E-state index contributed by atoms with van der Waals surface area (Å²) in [5.74, 6) is 0.199. The first-order valence-electron chi connectivity index (χ1n) is 7.79. The molecular formula is C17H23N3O3. The number of hydrogen-bond acceptors (Lipinski definition) is 5.